The molecule has 3 heteroatoms. The molecule has 0 aromatic carbocycles. The molecule has 0 unspecified atom stereocenters. The van der Waals surface area contributed by atoms with Crippen molar-refractivity contribution < 1.29 is 4.79 Å². The fourth-order valence-electron chi connectivity index (χ4n) is 2.13. The van der Waals surface area contributed by atoms with Gasteiger partial charge in [0, 0.05) is 20.0 Å². The van der Waals surface area contributed by atoms with E-state index in [-0.39, 0.29) is 5.91 Å². The number of hydrogen-bond acceptors (Lipinski definition) is 2. The molecule has 0 saturated heterocycles. The maximum absolute atomic E-state index is 11.6. The van der Waals surface area contributed by atoms with Crippen LogP contribution in [0.2, 0.25) is 0 Å². The van der Waals surface area contributed by atoms with E-state index in [4.69, 9.17) is 5.73 Å². The summed E-state index contributed by atoms with van der Waals surface area (Å²) in [5.74, 6) is 1.00. The standard InChI is InChI=1S/C11H22N2O/c1-13(11(14)7-4-8-12)9-10-5-2-3-6-10/h10H,2-9,12H2,1H3. The summed E-state index contributed by atoms with van der Waals surface area (Å²) in [6.07, 6.45) is 6.71. The van der Waals surface area contributed by atoms with Crippen molar-refractivity contribution in [2.45, 2.75) is 38.5 Å². The molecule has 1 fully saturated rings. The van der Waals surface area contributed by atoms with Gasteiger partial charge in [0.1, 0.15) is 0 Å². The molecule has 0 atom stereocenters. The summed E-state index contributed by atoms with van der Waals surface area (Å²) in [6.45, 7) is 1.56. The van der Waals surface area contributed by atoms with Gasteiger partial charge in [-0.25, -0.2) is 0 Å². The molecule has 0 aromatic rings. The molecule has 1 saturated carbocycles. The zero-order valence-corrected chi connectivity index (χ0v) is 9.17. The molecule has 1 aliphatic carbocycles. The number of rotatable bonds is 5. The lowest BCUT2D eigenvalue weighted by Crippen LogP contribution is -2.31. The van der Waals surface area contributed by atoms with Gasteiger partial charge in [-0.05, 0) is 31.7 Å². The Morgan fingerprint density at radius 3 is 2.64 bits per heavy atom. The van der Waals surface area contributed by atoms with Gasteiger partial charge in [-0.1, -0.05) is 12.8 Å². The number of nitrogens with zero attached hydrogens (tertiary/aromatic N) is 1. The zero-order valence-electron chi connectivity index (χ0n) is 9.17. The minimum Gasteiger partial charge on any atom is -0.345 e. The Kier molecular flexibility index (Phi) is 4.94. The fraction of sp³-hybridized carbons (Fsp3) is 0.909. The van der Waals surface area contributed by atoms with Crippen molar-refractivity contribution in [2.24, 2.45) is 11.7 Å². The molecular weight excluding hydrogens is 176 g/mol. The van der Waals surface area contributed by atoms with Crippen molar-refractivity contribution >= 4 is 5.91 Å². The molecule has 2 N–H and O–H groups in total. The van der Waals surface area contributed by atoms with Gasteiger partial charge in [0.05, 0.1) is 0 Å². The molecule has 3 nitrogen and oxygen atoms in total. The van der Waals surface area contributed by atoms with Gasteiger partial charge >= 0.3 is 0 Å². The van der Waals surface area contributed by atoms with Gasteiger partial charge in [-0.15, -0.1) is 0 Å². The van der Waals surface area contributed by atoms with Crippen molar-refractivity contribution in [3.63, 3.8) is 0 Å². The number of nitrogens with two attached hydrogens (primary N) is 1. The monoisotopic (exact) mass is 198 g/mol. The Morgan fingerprint density at radius 1 is 1.43 bits per heavy atom. The summed E-state index contributed by atoms with van der Waals surface area (Å²) in [6, 6.07) is 0. The summed E-state index contributed by atoms with van der Waals surface area (Å²) in [5, 5.41) is 0. The summed E-state index contributed by atoms with van der Waals surface area (Å²) in [4.78, 5) is 13.4. The van der Waals surface area contributed by atoms with E-state index in [2.05, 4.69) is 0 Å². The maximum Gasteiger partial charge on any atom is 0.222 e. The Balaban J connectivity index is 2.18. The van der Waals surface area contributed by atoms with Gasteiger partial charge in [-0.3, -0.25) is 4.79 Å². The van der Waals surface area contributed by atoms with Gasteiger partial charge in [0.25, 0.3) is 0 Å². The minimum atomic E-state index is 0.252. The molecule has 1 amide bonds. The summed E-state index contributed by atoms with van der Waals surface area (Å²) < 4.78 is 0. The smallest absolute Gasteiger partial charge is 0.222 e. The maximum atomic E-state index is 11.6. The van der Waals surface area contributed by atoms with E-state index in [1.165, 1.54) is 25.7 Å². The second-order valence-electron chi connectivity index (χ2n) is 4.32. The molecule has 82 valence electrons. The first-order valence-corrected chi connectivity index (χ1v) is 5.68. The topological polar surface area (TPSA) is 46.3 Å². The van der Waals surface area contributed by atoms with Crippen molar-refractivity contribution in [2.75, 3.05) is 20.1 Å². The fourth-order valence-corrected chi connectivity index (χ4v) is 2.13. The lowest BCUT2D eigenvalue weighted by molar-refractivity contribution is -0.130. The number of hydrogen-bond donors (Lipinski definition) is 1. The first-order valence-electron chi connectivity index (χ1n) is 5.68. The Labute approximate surface area is 86.6 Å². The average molecular weight is 198 g/mol. The molecular formula is C11H22N2O. The zero-order chi connectivity index (χ0) is 10.4. The highest BCUT2D eigenvalue weighted by atomic mass is 16.2. The van der Waals surface area contributed by atoms with Crippen LogP contribution in [0.1, 0.15) is 38.5 Å². The molecule has 0 heterocycles. The lowest BCUT2D eigenvalue weighted by atomic mass is 10.1. The Morgan fingerprint density at radius 2 is 2.07 bits per heavy atom. The van der Waals surface area contributed by atoms with Crippen molar-refractivity contribution in [3.8, 4) is 0 Å². The molecule has 0 radical (unpaired) electrons. The van der Waals surface area contributed by atoms with E-state index < -0.39 is 0 Å². The predicted octanol–water partition coefficient (Wildman–Crippen LogP) is 1.37. The highest BCUT2D eigenvalue weighted by Crippen LogP contribution is 2.25. The van der Waals surface area contributed by atoms with Crippen LogP contribution in [0, 0.1) is 5.92 Å². The van der Waals surface area contributed by atoms with Crippen LogP contribution >= 0.6 is 0 Å². The van der Waals surface area contributed by atoms with Crippen molar-refractivity contribution in [3.05, 3.63) is 0 Å². The van der Waals surface area contributed by atoms with Crippen LogP contribution in [0.15, 0.2) is 0 Å². The Hall–Kier alpha value is -0.570. The SMILES string of the molecule is CN(CC1CCCC1)C(=O)CCCN. The van der Waals surface area contributed by atoms with Crippen LogP contribution in [-0.4, -0.2) is 30.9 Å². The van der Waals surface area contributed by atoms with E-state index in [9.17, 15) is 4.79 Å². The Bertz CT molecular complexity index is 176. The van der Waals surface area contributed by atoms with Crippen LogP contribution in [-0.2, 0) is 4.79 Å². The van der Waals surface area contributed by atoms with Crippen molar-refractivity contribution in [1.82, 2.24) is 4.90 Å². The van der Waals surface area contributed by atoms with E-state index in [0.29, 0.717) is 13.0 Å². The third-order valence-corrected chi connectivity index (χ3v) is 3.03. The highest BCUT2D eigenvalue weighted by molar-refractivity contribution is 5.75. The average Bonchev–Trinajstić information content (AvgIpc) is 2.66. The molecule has 0 spiro atoms. The third-order valence-electron chi connectivity index (χ3n) is 3.03. The lowest BCUT2D eigenvalue weighted by Gasteiger charge is -2.20. The molecule has 0 aliphatic heterocycles. The van der Waals surface area contributed by atoms with E-state index in [0.717, 1.165) is 18.9 Å². The van der Waals surface area contributed by atoms with Gasteiger partial charge in [-0.2, -0.15) is 0 Å². The molecule has 0 bridgehead atoms. The second-order valence-corrected chi connectivity index (χ2v) is 4.32. The van der Waals surface area contributed by atoms with E-state index in [1.807, 2.05) is 11.9 Å². The quantitative estimate of drug-likeness (QED) is 0.725. The normalized spacial score (nSPS) is 17.3. The third kappa shape index (κ3) is 3.66. The summed E-state index contributed by atoms with van der Waals surface area (Å²) >= 11 is 0. The van der Waals surface area contributed by atoms with Crippen molar-refractivity contribution in [1.29, 1.82) is 0 Å². The molecule has 0 aromatic heterocycles. The molecule has 1 aliphatic rings. The predicted molar refractivity (Wildman–Crippen MR) is 57.9 cm³/mol. The van der Waals surface area contributed by atoms with Gasteiger partial charge in [0.2, 0.25) is 5.91 Å². The highest BCUT2D eigenvalue weighted by Gasteiger charge is 2.18. The van der Waals surface area contributed by atoms with Crippen LogP contribution in [0.3, 0.4) is 0 Å². The van der Waals surface area contributed by atoms with E-state index in [1.54, 1.807) is 0 Å². The largest absolute Gasteiger partial charge is 0.345 e. The molecule has 1 rings (SSSR count). The summed E-state index contributed by atoms with van der Waals surface area (Å²) in [5.41, 5.74) is 5.37. The van der Waals surface area contributed by atoms with Crippen LogP contribution in [0.4, 0.5) is 0 Å². The first-order chi connectivity index (χ1) is 6.74. The van der Waals surface area contributed by atoms with Gasteiger partial charge < -0.3 is 10.6 Å². The van der Waals surface area contributed by atoms with E-state index >= 15 is 0 Å². The minimum absolute atomic E-state index is 0.252. The van der Waals surface area contributed by atoms with Crippen LogP contribution in [0.25, 0.3) is 0 Å². The molecule has 14 heavy (non-hydrogen) atoms. The number of amides is 1. The van der Waals surface area contributed by atoms with Crippen LogP contribution in [0.5, 0.6) is 0 Å². The summed E-state index contributed by atoms with van der Waals surface area (Å²) in [7, 11) is 1.91. The van der Waals surface area contributed by atoms with Crippen LogP contribution < -0.4 is 5.73 Å². The number of carbonyl (C=O) groups excluding carboxylic acids is 1. The second kappa shape index (κ2) is 6.02. The number of carbonyl (C=O) groups is 1. The first kappa shape index (κ1) is 11.5. The van der Waals surface area contributed by atoms with Gasteiger partial charge in [0.15, 0.2) is 0 Å².